The summed E-state index contributed by atoms with van der Waals surface area (Å²) in [5.74, 6) is 0.368. The summed E-state index contributed by atoms with van der Waals surface area (Å²) in [6.07, 6.45) is 3.83. The standard InChI is InChI=1S/C12H18N2O2/c1-12(2,3)14-10(15)9(8-5-6-8)7-13(4)11(14)16/h7-8H,5-6H2,1-4H3. The van der Waals surface area contributed by atoms with Gasteiger partial charge in [-0.1, -0.05) is 0 Å². The van der Waals surface area contributed by atoms with E-state index in [1.807, 2.05) is 20.8 Å². The normalized spacial score (nSPS) is 16.5. The third kappa shape index (κ3) is 1.72. The van der Waals surface area contributed by atoms with E-state index >= 15 is 0 Å². The van der Waals surface area contributed by atoms with Gasteiger partial charge in [-0.15, -0.1) is 0 Å². The quantitative estimate of drug-likeness (QED) is 0.716. The molecule has 0 aliphatic heterocycles. The summed E-state index contributed by atoms with van der Waals surface area (Å²) in [5, 5.41) is 0. The predicted molar refractivity (Wildman–Crippen MR) is 62.9 cm³/mol. The van der Waals surface area contributed by atoms with Crippen LogP contribution in [0.2, 0.25) is 0 Å². The van der Waals surface area contributed by atoms with Crippen LogP contribution in [0.25, 0.3) is 0 Å². The molecule has 1 fully saturated rings. The molecule has 0 saturated heterocycles. The number of hydrogen-bond donors (Lipinski definition) is 0. The Morgan fingerprint density at radius 1 is 1.25 bits per heavy atom. The van der Waals surface area contributed by atoms with Crippen molar-refractivity contribution in [1.82, 2.24) is 9.13 Å². The van der Waals surface area contributed by atoms with Crippen LogP contribution in [-0.4, -0.2) is 9.13 Å². The van der Waals surface area contributed by atoms with E-state index in [2.05, 4.69) is 0 Å². The number of rotatable bonds is 1. The van der Waals surface area contributed by atoms with Crippen molar-refractivity contribution in [1.29, 1.82) is 0 Å². The zero-order chi connectivity index (χ0) is 12.1. The first-order valence-corrected chi connectivity index (χ1v) is 5.65. The maximum atomic E-state index is 12.2. The Kier molecular flexibility index (Phi) is 2.33. The number of aryl methyl sites for hydroxylation is 1. The minimum absolute atomic E-state index is 0.113. The van der Waals surface area contributed by atoms with Crippen LogP contribution >= 0.6 is 0 Å². The summed E-state index contributed by atoms with van der Waals surface area (Å²) >= 11 is 0. The van der Waals surface area contributed by atoms with Gasteiger partial charge in [0.25, 0.3) is 5.56 Å². The van der Waals surface area contributed by atoms with E-state index in [1.165, 1.54) is 9.13 Å². The molecule has 0 aromatic carbocycles. The minimum Gasteiger partial charge on any atom is -0.303 e. The molecule has 1 aliphatic carbocycles. The summed E-state index contributed by atoms with van der Waals surface area (Å²) in [6.45, 7) is 5.64. The van der Waals surface area contributed by atoms with E-state index in [0.717, 1.165) is 18.4 Å². The molecule has 4 heteroatoms. The Morgan fingerprint density at radius 2 is 1.81 bits per heavy atom. The molecule has 1 aliphatic rings. The maximum absolute atomic E-state index is 12.2. The molecule has 1 saturated carbocycles. The zero-order valence-electron chi connectivity index (χ0n) is 10.3. The molecule has 0 bridgehead atoms. The van der Waals surface area contributed by atoms with Crippen molar-refractivity contribution < 1.29 is 0 Å². The van der Waals surface area contributed by atoms with Crippen LogP contribution in [0, 0.1) is 0 Å². The highest BCUT2D eigenvalue weighted by molar-refractivity contribution is 5.18. The van der Waals surface area contributed by atoms with E-state index < -0.39 is 5.54 Å². The van der Waals surface area contributed by atoms with Crippen LogP contribution < -0.4 is 11.2 Å². The molecule has 1 heterocycles. The van der Waals surface area contributed by atoms with Gasteiger partial charge in [0.15, 0.2) is 0 Å². The topological polar surface area (TPSA) is 44.0 Å². The minimum atomic E-state index is -0.461. The van der Waals surface area contributed by atoms with Crippen LogP contribution in [0.5, 0.6) is 0 Å². The first-order chi connectivity index (χ1) is 7.32. The average Bonchev–Trinajstić information content (AvgIpc) is 2.92. The van der Waals surface area contributed by atoms with Gasteiger partial charge in [0.05, 0.1) is 0 Å². The summed E-state index contributed by atoms with van der Waals surface area (Å²) in [4.78, 5) is 24.2. The van der Waals surface area contributed by atoms with Crippen molar-refractivity contribution in [3.05, 3.63) is 32.6 Å². The first-order valence-electron chi connectivity index (χ1n) is 5.65. The van der Waals surface area contributed by atoms with Crippen molar-refractivity contribution in [3.63, 3.8) is 0 Å². The first kappa shape index (κ1) is 11.2. The summed E-state index contributed by atoms with van der Waals surface area (Å²) in [6, 6.07) is 0. The average molecular weight is 222 g/mol. The monoisotopic (exact) mass is 222 g/mol. The van der Waals surface area contributed by atoms with E-state index in [4.69, 9.17) is 0 Å². The molecular formula is C12H18N2O2. The van der Waals surface area contributed by atoms with Gasteiger partial charge in [-0.3, -0.25) is 9.36 Å². The SMILES string of the molecule is Cn1cc(C2CC2)c(=O)n(C(C)(C)C)c1=O. The van der Waals surface area contributed by atoms with E-state index in [0.29, 0.717) is 5.92 Å². The van der Waals surface area contributed by atoms with Crippen molar-refractivity contribution >= 4 is 0 Å². The second-order valence-corrected chi connectivity index (χ2v) is 5.56. The number of aromatic nitrogens is 2. The largest absolute Gasteiger partial charge is 0.331 e. The van der Waals surface area contributed by atoms with Crippen molar-refractivity contribution in [2.45, 2.75) is 45.1 Å². The molecule has 0 amide bonds. The lowest BCUT2D eigenvalue weighted by Crippen LogP contribution is -2.48. The van der Waals surface area contributed by atoms with E-state index in [9.17, 15) is 9.59 Å². The Hall–Kier alpha value is -1.32. The van der Waals surface area contributed by atoms with Gasteiger partial charge < -0.3 is 4.57 Å². The lowest BCUT2D eigenvalue weighted by atomic mass is 10.1. The Morgan fingerprint density at radius 3 is 2.25 bits per heavy atom. The fourth-order valence-corrected chi connectivity index (χ4v) is 1.96. The highest BCUT2D eigenvalue weighted by Crippen LogP contribution is 2.38. The van der Waals surface area contributed by atoms with Crippen LogP contribution in [0.15, 0.2) is 15.8 Å². The van der Waals surface area contributed by atoms with Crippen LogP contribution in [0.4, 0.5) is 0 Å². The molecule has 1 aromatic heterocycles. The van der Waals surface area contributed by atoms with Crippen LogP contribution in [0.3, 0.4) is 0 Å². The van der Waals surface area contributed by atoms with Crippen LogP contribution in [0.1, 0.15) is 45.1 Å². The van der Waals surface area contributed by atoms with Crippen molar-refractivity contribution in [2.75, 3.05) is 0 Å². The van der Waals surface area contributed by atoms with E-state index in [-0.39, 0.29) is 11.2 Å². The molecular weight excluding hydrogens is 204 g/mol. The third-order valence-corrected chi connectivity index (χ3v) is 2.96. The molecule has 88 valence electrons. The molecule has 0 radical (unpaired) electrons. The van der Waals surface area contributed by atoms with Gasteiger partial charge in [0.1, 0.15) is 0 Å². The highest BCUT2D eigenvalue weighted by atomic mass is 16.2. The van der Waals surface area contributed by atoms with Gasteiger partial charge in [-0.25, -0.2) is 4.79 Å². The Bertz CT molecular complexity index is 527. The van der Waals surface area contributed by atoms with Crippen LogP contribution in [-0.2, 0) is 12.6 Å². The number of hydrogen-bond acceptors (Lipinski definition) is 2. The fourth-order valence-electron chi connectivity index (χ4n) is 1.96. The molecule has 0 atom stereocenters. The van der Waals surface area contributed by atoms with E-state index in [1.54, 1.807) is 13.2 Å². The van der Waals surface area contributed by atoms with Gasteiger partial charge in [-0.2, -0.15) is 0 Å². The maximum Gasteiger partial charge on any atom is 0.331 e. The lowest BCUT2D eigenvalue weighted by molar-refractivity contribution is 0.355. The molecule has 2 rings (SSSR count). The van der Waals surface area contributed by atoms with Gasteiger partial charge in [0, 0.05) is 24.3 Å². The molecule has 0 N–H and O–H groups in total. The number of nitrogens with zero attached hydrogens (tertiary/aromatic N) is 2. The summed E-state index contributed by atoms with van der Waals surface area (Å²) in [7, 11) is 1.70. The molecule has 4 nitrogen and oxygen atoms in total. The second kappa shape index (κ2) is 3.34. The summed E-state index contributed by atoms with van der Waals surface area (Å²) in [5.41, 5.74) is -0.0198. The molecule has 0 spiro atoms. The molecule has 0 unspecified atom stereocenters. The smallest absolute Gasteiger partial charge is 0.303 e. The van der Waals surface area contributed by atoms with Gasteiger partial charge in [0.2, 0.25) is 0 Å². The Balaban J connectivity index is 2.76. The van der Waals surface area contributed by atoms with Gasteiger partial charge in [-0.05, 0) is 39.5 Å². The predicted octanol–water partition coefficient (Wildman–Crippen LogP) is 1.18. The second-order valence-electron chi connectivity index (χ2n) is 5.56. The summed E-state index contributed by atoms with van der Waals surface area (Å²) < 4.78 is 2.88. The van der Waals surface area contributed by atoms with Crippen molar-refractivity contribution in [3.8, 4) is 0 Å². The van der Waals surface area contributed by atoms with Gasteiger partial charge >= 0.3 is 5.69 Å². The zero-order valence-corrected chi connectivity index (χ0v) is 10.3. The molecule has 16 heavy (non-hydrogen) atoms. The fraction of sp³-hybridized carbons (Fsp3) is 0.667. The third-order valence-electron chi connectivity index (χ3n) is 2.96. The Labute approximate surface area is 94.5 Å². The van der Waals surface area contributed by atoms with Crippen molar-refractivity contribution in [2.24, 2.45) is 7.05 Å². The molecule has 1 aromatic rings. The lowest BCUT2D eigenvalue weighted by Gasteiger charge is -2.22. The highest BCUT2D eigenvalue weighted by Gasteiger charge is 2.30.